The van der Waals surface area contributed by atoms with Crippen LogP contribution in [0.1, 0.15) is 6.42 Å². The number of ether oxygens (including phenoxy) is 1. The molecule has 0 saturated heterocycles. The maximum atomic E-state index is 12.9. The molecule has 0 unspecified atom stereocenters. The Labute approximate surface area is 158 Å². The lowest BCUT2D eigenvalue weighted by Crippen LogP contribution is -2.44. The molecule has 0 spiro atoms. The van der Waals surface area contributed by atoms with Gasteiger partial charge in [-0.3, -0.25) is 13.9 Å². The molecule has 1 aromatic carbocycles. The summed E-state index contributed by atoms with van der Waals surface area (Å²) in [5.74, 6) is -0.247. The van der Waals surface area contributed by atoms with Gasteiger partial charge in [-0.2, -0.15) is 4.98 Å². The van der Waals surface area contributed by atoms with Crippen molar-refractivity contribution >= 4 is 28.8 Å². The fraction of sp³-hybridized carbons (Fsp3) is 0.333. The second kappa shape index (κ2) is 6.55. The van der Waals surface area contributed by atoms with Crippen LogP contribution in [0.4, 0.5) is 11.6 Å². The van der Waals surface area contributed by atoms with Gasteiger partial charge in [0.05, 0.1) is 19.6 Å². The van der Waals surface area contributed by atoms with Crippen LogP contribution in [0.25, 0.3) is 11.2 Å². The minimum Gasteiger partial charge on any atom is -0.548 e. The van der Waals surface area contributed by atoms with Crippen molar-refractivity contribution in [3.8, 4) is 5.75 Å². The van der Waals surface area contributed by atoms with E-state index >= 15 is 0 Å². The summed E-state index contributed by atoms with van der Waals surface area (Å²) in [7, 11) is 3.06. The second-order valence-electron chi connectivity index (χ2n) is 6.54. The minimum absolute atomic E-state index is 0.205. The number of carbonyl (C=O) groups is 1. The van der Waals surface area contributed by atoms with E-state index in [0.29, 0.717) is 23.6 Å². The molecule has 0 radical (unpaired) electrons. The molecule has 10 nitrogen and oxygen atoms in total. The largest absolute Gasteiger partial charge is 0.548 e. The van der Waals surface area contributed by atoms with E-state index in [4.69, 9.17) is 4.74 Å². The van der Waals surface area contributed by atoms with Crippen molar-refractivity contribution in [3.05, 3.63) is 45.1 Å². The molecule has 0 N–H and O–H groups in total. The average molecular weight is 384 g/mol. The lowest BCUT2D eigenvalue weighted by atomic mass is 10.2. The number of methoxy groups -OCH3 is 1. The molecule has 146 valence electrons. The number of carbonyl (C=O) groups excluding carboxylic acids is 1. The standard InChI is InChI=1S/C18H19N5O5/c1-20-15-14(16(26)23(18(20)27)10-13(24)25)22-9-3-8-21(17(22)19-15)11-4-6-12(28-2)7-5-11/h4-7H,3,8-10H2,1-2H3,(H,24,25)/p-1. The molecule has 3 aromatic rings. The molecule has 10 heteroatoms. The van der Waals surface area contributed by atoms with Gasteiger partial charge in [0.1, 0.15) is 5.75 Å². The first-order valence-electron chi connectivity index (χ1n) is 8.74. The Bertz CT molecular complexity index is 1190. The first kappa shape index (κ1) is 17.8. The van der Waals surface area contributed by atoms with Crippen LogP contribution < -0.4 is 26.0 Å². The number of aromatic nitrogens is 4. The van der Waals surface area contributed by atoms with Gasteiger partial charge in [0.15, 0.2) is 11.2 Å². The van der Waals surface area contributed by atoms with Gasteiger partial charge in [0, 0.05) is 25.8 Å². The van der Waals surface area contributed by atoms with E-state index in [9.17, 15) is 19.5 Å². The Balaban J connectivity index is 1.94. The average Bonchev–Trinajstić information content (AvgIpc) is 3.09. The maximum absolute atomic E-state index is 12.9. The van der Waals surface area contributed by atoms with E-state index in [1.165, 1.54) is 11.6 Å². The van der Waals surface area contributed by atoms with Crippen LogP contribution in [0.2, 0.25) is 0 Å². The Morgan fingerprint density at radius 1 is 1.21 bits per heavy atom. The van der Waals surface area contributed by atoms with Gasteiger partial charge in [-0.05, 0) is 30.7 Å². The van der Waals surface area contributed by atoms with Crippen molar-refractivity contribution in [2.45, 2.75) is 19.5 Å². The summed E-state index contributed by atoms with van der Waals surface area (Å²) in [5.41, 5.74) is -0.125. The van der Waals surface area contributed by atoms with E-state index in [1.807, 2.05) is 29.2 Å². The molecule has 0 saturated carbocycles. The van der Waals surface area contributed by atoms with Gasteiger partial charge in [0.25, 0.3) is 5.56 Å². The number of benzene rings is 1. The summed E-state index contributed by atoms with van der Waals surface area (Å²) in [6, 6.07) is 7.45. The van der Waals surface area contributed by atoms with Crippen LogP contribution in [0.15, 0.2) is 33.9 Å². The highest BCUT2D eigenvalue weighted by molar-refractivity contribution is 5.77. The monoisotopic (exact) mass is 384 g/mol. The number of anilines is 2. The molecule has 0 atom stereocenters. The number of aryl methyl sites for hydroxylation is 2. The molecule has 0 fully saturated rings. The zero-order valence-electron chi connectivity index (χ0n) is 15.4. The third-order valence-electron chi connectivity index (χ3n) is 4.89. The van der Waals surface area contributed by atoms with Crippen molar-refractivity contribution in [1.29, 1.82) is 0 Å². The van der Waals surface area contributed by atoms with Gasteiger partial charge in [-0.15, -0.1) is 0 Å². The summed E-state index contributed by atoms with van der Waals surface area (Å²) in [4.78, 5) is 42.8. The minimum atomic E-state index is -1.50. The van der Waals surface area contributed by atoms with E-state index in [1.54, 1.807) is 11.7 Å². The highest BCUT2D eigenvalue weighted by atomic mass is 16.5. The summed E-state index contributed by atoms with van der Waals surface area (Å²) >= 11 is 0. The Hall–Kier alpha value is -3.56. The van der Waals surface area contributed by atoms with Crippen LogP contribution in [0, 0.1) is 0 Å². The number of carboxylic acid groups (broad SMARTS) is 1. The third kappa shape index (κ3) is 2.65. The zero-order valence-corrected chi connectivity index (χ0v) is 15.4. The summed E-state index contributed by atoms with van der Waals surface area (Å²) in [6.07, 6.45) is 0.757. The molecule has 0 aliphatic carbocycles. The summed E-state index contributed by atoms with van der Waals surface area (Å²) in [6.45, 7) is 0.429. The van der Waals surface area contributed by atoms with E-state index in [2.05, 4.69) is 4.98 Å². The lowest BCUT2D eigenvalue weighted by Gasteiger charge is -2.29. The second-order valence-corrected chi connectivity index (χ2v) is 6.54. The molecule has 2 aromatic heterocycles. The molecule has 1 aliphatic rings. The molecular formula is C18H18N5O5-. The smallest absolute Gasteiger partial charge is 0.332 e. The zero-order chi connectivity index (χ0) is 20.0. The quantitative estimate of drug-likeness (QED) is 0.578. The Kier molecular flexibility index (Phi) is 4.17. The SMILES string of the molecule is COc1ccc(N2CCCn3c2nc2c3c(=O)n(CC(=O)[O-])c(=O)n2C)cc1. The lowest BCUT2D eigenvalue weighted by molar-refractivity contribution is -0.306. The van der Waals surface area contributed by atoms with Crippen LogP contribution in [0.5, 0.6) is 5.75 Å². The normalized spacial score (nSPS) is 13.6. The highest BCUT2D eigenvalue weighted by Gasteiger charge is 2.27. The van der Waals surface area contributed by atoms with Gasteiger partial charge >= 0.3 is 5.69 Å². The van der Waals surface area contributed by atoms with Crippen molar-refractivity contribution in [2.24, 2.45) is 7.05 Å². The number of aliphatic carboxylic acids is 1. The predicted octanol–water partition coefficient (Wildman–Crippen LogP) is -0.803. The summed E-state index contributed by atoms with van der Waals surface area (Å²) < 4.78 is 8.78. The van der Waals surface area contributed by atoms with Crippen molar-refractivity contribution in [1.82, 2.24) is 18.7 Å². The highest BCUT2D eigenvalue weighted by Crippen LogP contribution is 2.31. The summed E-state index contributed by atoms with van der Waals surface area (Å²) in [5, 5.41) is 11.0. The molecule has 4 rings (SSSR count). The van der Waals surface area contributed by atoms with Crippen molar-refractivity contribution in [2.75, 3.05) is 18.6 Å². The molecule has 3 heterocycles. The number of hydrogen-bond acceptors (Lipinski definition) is 7. The fourth-order valence-corrected chi connectivity index (χ4v) is 3.54. The number of rotatable bonds is 4. The molecule has 28 heavy (non-hydrogen) atoms. The molecular weight excluding hydrogens is 366 g/mol. The number of imidazole rings is 1. The molecule has 0 bridgehead atoms. The van der Waals surface area contributed by atoms with Crippen LogP contribution in [0.3, 0.4) is 0 Å². The number of hydrogen-bond donors (Lipinski definition) is 0. The number of fused-ring (bicyclic) bond motifs is 3. The first-order valence-corrected chi connectivity index (χ1v) is 8.74. The Morgan fingerprint density at radius 3 is 2.57 bits per heavy atom. The van der Waals surface area contributed by atoms with Crippen molar-refractivity contribution in [3.63, 3.8) is 0 Å². The van der Waals surface area contributed by atoms with Gasteiger partial charge < -0.3 is 24.1 Å². The van der Waals surface area contributed by atoms with Crippen LogP contribution >= 0.6 is 0 Å². The van der Waals surface area contributed by atoms with Crippen LogP contribution in [-0.2, 0) is 24.9 Å². The number of carboxylic acids is 1. The van der Waals surface area contributed by atoms with Gasteiger partial charge in [-0.1, -0.05) is 0 Å². The fourth-order valence-electron chi connectivity index (χ4n) is 3.54. The predicted molar refractivity (Wildman–Crippen MR) is 98.9 cm³/mol. The number of nitrogens with zero attached hydrogens (tertiary/aromatic N) is 5. The van der Waals surface area contributed by atoms with Gasteiger partial charge in [0.2, 0.25) is 5.95 Å². The molecule has 1 aliphatic heterocycles. The third-order valence-corrected chi connectivity index (χ3v) is 4.89. The van der Waals surface area contributed by atoms with Crippen LogP contribution in [-0.4, -0.2) is 38.3 Å². The Morgan fingerprint density at radius 2 is 1.93 bits per heavy atom. The first-order chi connectivity index (χ1) is 13.4. The topological polar surface area (TPSA) is 114 Å². The van der Waals surface area contributed by atoms with E-state index < -0.39 is 23.8 Å². The molecule has 0 amide bonds. The van der Waals surface area contributed by atoms with E-state index in [-0.39, 0.29) is 11.2 Å². The van der Waals surface area contributed by atoms with Gasteiger partial charge in [-0.25, -0.2) is 4.79 Å². The van der Waals surface area contributed by atoms with Crippen molar-refractivity contribution < 1.29 is 14.6 Å². The van der Waals surface area contributed by atoms with E-state index in [0.717, 1.165) is 17.9 Å². The maximum Gasteiger partial charge on any atom is 0.332 e.